The van der Waals surface area contributed by atoms with E-state index in [4.69, 9.17) is 10.5 Å². The molecule has 0 atom stereocenters. The van der Waals surface area contributed by atoms with E-state index in [1.165, 1.54) is 0 Å². The Morgan fingerprint density at radius 2 is 0.909 bits per heavy atom. The normalized spacial score (nSPS) is 6.91. The summed E-state index contributed by atoms with van der Waals surface area (Å²) in [5.41, 5.74) is 0. The molecule has 0 saturated heterocycles. The third-order valence-corrected chi connectivity index (χ3v) is 0.516. The summed E-state index contributed by atoms with van der Waals surface area (Å²) in [7, 11) is 0. The lowest BCUT2D eigenvalue weighted by Crippen LogP contribution is -1.72. The van der Waals surface area contributed by atoms with Crippen LogP contribution in [0.5, 0.6) is 0 Å². The fourth-order valence-corrected chi connectivity index (χ4v) is 0. The van der Waals surface area contributed by atoms with Crippen LogP contribution in [0.2, 0.25) is 0 Å². The number of nitrogens with zero attached hydrogens (tertiary/aromatic N) is 2. The number of rotatable bonds is 0. The highest BCUT2D eigenvalue weighted by molar-refractivity contribution is 5.85. The molecule has 0 fully saturated rings. The predicted octanol–water partition coefficient (Wildman–Crippen LogP) is 2.75. The second-order valence-electron chi connectivity index (χ2n) is 2.57. The van der Waals surface area contributed by atoms with Crippen LogP contribution in [0.3, 0.4) is 0 Å². The summed E-state index contributed by atoms with van der Waals surface area (Å²) in [5.74, 6) is 0.380. The topological polar surface area (TPSA) is 47.6 Å². The van der Waals surface area contributed by atoms with Gasteiger partial charge in [0.1, 0.15) is 0 Å². The van der Waals surface area contributed by atoms with Crippen LogP contribution in [-0.4, -0.2) is 0 Å². The minimum absolute atomic E-state index is 0. The average molecular weight is 175 g/mol. The van der Waals surface area contributed by atoms with Crippen LogP contribution < -0.4 is 0 Å². The van der Waals surface area contributed by atoms with E-state index in [0.717, 1.165) is 0 Å². The van der Waals surface area contributed by atoms with Crippen molar-refractivity contribution in [1.29, 1.82) is 10.5 Å². The number of hydrogen-bond acceptors (Lipinski definition) is 2. The SMILES string of the molecule is CC(C)C#N.CC(C)C#N.Cl. The van der Waals surface area contributed by atoms with Gasteiger partial charge in [-0.3, -0.25) is 0 Å². The lowest BCUT2D eigenvalue weighted by atomic mass is 10.3. The molecule has 0 aliphatic rings. The summed E-state index contributed by atoms with van der Waals surface area (Å²) in [5, 5.41) is 15.8. The Kier molecular flexibility index (Phi) is 18.2. The standard InChI is InChI=1S/2C4H7N.ClH/c2*1-4(2)3-5;/h2*4H,1-2H3;1H. The smallest absolute Gasteiger partial charge is 0.0649 e. The molecule has 0 bridgehead atoms. The summed E-state index contributed by atoms with van der Waals surface area (Å²) in [6.45, 7) is 7.44. The van der Waals surface area contributed by atoms with Gasteiger partial charge in [0.2, 0.25) is 0 Å². The van der Waals surface area contributed by atoms with Gasteiger partial charge in [-0.1, -0.05) is 0 Å². The maximum absolute atomic E-state index is 7.89. The molecule has 0 aromatic heterocycles. The van der Waals surface area contributed by atoms with Crippen molar-refractivity contribution >= 4 is 12.4 Å². The van der Waals surface area contributed by atoms with Crippen LogP contribution in [0.4, 0.5) is 0 Å². The van der Waals surface area contributed by atoms with E-state index in [2.05, 4.69) is 0 Å². The van der Waals surface area contributed by atoms with Crippen LogP contribution in [0, 0.1) is 34.5 Å². The molecule has 64 valence electrons. The fraction of sp³-hybridized carbons (Fsp3) is 0.750. The highest BCUT2D eigenvalue weighted by Crippen LogP contribution is 1.82. The largest absolute Gasteiger partial charge is 0.198 e. The van der Waals surface area contributed by atoms with Gasteiger partial charge in [-0.05, 0) is 27.7 Å². The van der Waals surface area contributed by atoms with Crippen molar-refractivity contribution in [3.05, 3.63) is 0 Å². The summed E-state index contributed by atoms with van der Waals surface area (Å²) in [6, 6.07) is 4.06. The van der Waals surface area contributed by atoms with Crippen molar-refractivity contribution in [2.45, 2.75) is 27.7 Å². The molecular weight excluding hydrogens is 160 g/mol. The molecule has 11 heavy (non-hydrogen) atoms. The van der Waals surface area contributed by atoms with Gasteiger partial charge >= 0.3 is 0 Å². The molecule has 0 aromatic carbocycles. The predicted molar refractivity (Wildman–Crippen MR) is 48.2 cm³/mol. The van der Waals surface area contributed by atoms with E-state index in [-0.39, 0.29) is 24.2 Å². The monoisotopic (exact) mass is 174 g/mol. The maximum Gasteiger partial charge on any atom is 0.0649 e. The lowest BCUT2D eigenvalue weighted by molar-refractivity contribution is 0.849. The maximum atomic E-state index is 7.89. The van der Waals surface area contributed by atoms with Crippen molar-refractivity contribution in [3.8, 4) is 12.1 Å². The second kappa shape index (κ2) is 12.0. The van der Waals surface area contributed by atoms with Crippen LogP contribution in [0.25, 0.3) is 0 Å². The molecule has 0 N–H and O–H groups in total. The lowest BCUT2D eigenvalue weighted by Gasteiger charge is -1.75. The van der Waals surface area contributed by atoms with Crippen molar-refractivity contribution in [3.63, 3.8) is 0 Å². The molecule has 0 rings (SSSR count). The summed E-state index contributed by atoms with van der Waals surface area (Å²) < 4.78 is 0. The zero-order valence-corrected chi connectivity index (χ0v) is 8.27. The van der Waals surface area contributed by atoms with E-state index < -0.39 is 0 Å². The van der Waals surface area contributed by atoms with Gasteiger partial charge in [0.15, 0.2) is 0 Å². The number of hydrogen-bond donors (Lipinski definition) is 0. The number of nitriles is 2. The third-order valence-electron chi connectivity index (χ3n) is 0.516. The van der Waals surface area contributed by atoms with Crippen LogP contribution in [0.1, 0.15) is 27.7 Å². The van der Waals surface area contributed by atoms with Gasteiger partial charge in [0, 0.05) is 11.8 Å². The van der Waals surface area contributed by atoms with Crippen molar-refractivity contribution in [2.24, 2.45) is 11.8 Å². The minimum atomic E-state index is 0. The molecule has 0 amide bonds. The van der Waals surface area contributed by atoms with Crippen molar-refractivity contribution in [2.75, 3.05) is 0 Å². The molecule has 0 heterocycles. The second-order valence-corrected chi connectivity index (χ2v) is 2.57. The van der Waals surface area contributed by atoms with Gasteiger partial charge in [0.25, 0.3) is 0 Å². The Morgan fingerprint density at radius 3 is 0.909 bits per heavy atom. The van der Waals surface area contributed by atoms with Crippen molar-refractivity contribution in [1.82, 2.24) is 0 Å². The van der Waals surface area contributed by atoms with E-state index in [9.17, 15) is 0 Å². The Bertz CT molecular complexity index is 121. The molecule has 2 nitrogen and oxygen atoms in total. The first-order valence-electron chi connectivity index (χ1n) is 3.33. The molecular formula is C8H15ClN2. The first-order valence-corrected chi connectivity index (χ1v) is 3.33. The molecule has 0 spiro atoms. The van der Waals surface area contributed by atoms with E-state index in [0.29, 0.717) is 0 Å². The summed E-state index contributed by atoms with van der Waals surface area (Å²) in [4.78, 5) is 0. The van der Waals surface area contributed by atoms with E-state index >= 15 is 0 Å². The number of halogens is 1. The van der Waals surface area contributed by atoms with E-state index in [1.54, 1.807) is 0 Å². The Morgan fingerprint density at radius 1 is 0.818 bits per heavy atom. The van der Waals surface area contributed by atoms with Gasteiger partial charge in [-0.2, -0.15) is 10.5 Å². The van der Waals surface area contributed by atoms with Gasteiger partial charge in [-0.15, -0.1) is 12.4 Å². The third kappa shape index (κ3) is 45.8. The summed E-state index contributed by atoms with van der Waals surface area (Å²) >= 11 is 0. The van der Waals surface area contributed by atoms with Crippen LogP contribution >= 0.6 is 12.4 Å². The average Bonchev–Trinajstić information content (AvgIpc) is 1.89. The van der Waals surface area contributed by atoms with Crippen LogP contribution in [-0.2, 0) is 0 Å². The molecule has 0 unspecified atom stereocenters. The Hall–Kier alpha value is -0.730. The molecule has 0 saturated carbocycles. The minimum Gasteiger partial charge on any atom is -0.198 e. The first-order chi connectivity index (χ1) is 4.54. The first kappa shape index (κ1) is 16.7. The Balaban J connectivity index is -0.000000107. The van der Waals surface area contributed by atoms with Gasteiger partial charge in [-0.25, -0.2) is 0 Å². The van der Waals surface area contributed by atoms with Crippen molar-refractivity contribution < 1.29 is 0 Å². The zero-order valence-electron chi connectivity index (χ0n) is 7.46. The molecule has 0 aliphatic carbocycles. The summed E-state index contributed by atoms with van der Waals surface area (Å²) in [6.07, 6.45) is 0. The highest BCUT2D eigenvalue weighted by atomic mass is 35.5. The molecule has 0 aromatic rings. The zero-order chi connectivity index (χ0) is 8.57. The Labute approximate surface area is 75.2 Å². The highest BCUT2D eigenvalue weighted by Gasteiger charge is 1.79. The molecule has 3 heteroatoms. The van der Waals surface area contributed by atoms with Gasteiger partial charge < -0.3 is 0 Å². The quantitative estimate of drug-likeness (QED) is 0.567. The van der Waals surface area contributed by atoms with E-state index in [1.807, 2.05) is 39.8 Å². The molecule has 0 radical (unpaired) electrons. The molecule has 0 aliphatic heterocycles. The van der Waals surface area contributed by atoms with Crippen LogP contribution in [0.15, 0.2) is 0 Å². The fourth-order valence-electron chi connectivity index (χ4n) is 0. The van der Waals surface area contributed by atoms with Gasteiger partial charge in [0.05, 0.1) is 12.1 Å².